The Morgan fingerprint density at radius 1 is 1.33 bits per heavy atom. The molecule has 1 saturated carbocycles. The molecule has 1 aliphatic carbocycles. The predicted octanol–water partition coefficient (Wildman–Crippen LogP) is -0.0349. The van der Waals surface area contributed by atoms with E-state index in [1.807, 2.05) is 6.08 Å². The first-order chi connectivity index (χ1) is 12.9. The summed E-state index contributed by atoms with van der Waals surface area (Å²) in [5.41, 5.74) is -2.06. The average molecular weight is 371 g/mol. The fraction of sp³-hybridized carbons (Fsp3) is 0.650. The standard InChI is InChI=1S/C20H25N3O4/c1-4-11-23-15(17(25)22-12-7-5-6-8-12)20-10-9-19(2,27-20)13(16(24)21-3)14(20)18(23)26/h1,9-10,12-15H,5-8,11H2,2-3H3,(H,21,24)(H,22,25)/t13-,14-,15+,19+,20-/m0/s1. The van der Waals surface area contributed by atoms with Crippen LogP contribution in [0.25, 0.3) is 0 Å². The van der Waals surface area contributed by atoms with Crippen molar-refractivity contribution in [2.75, 3.05) is 13.6 Å². The Balaban J connectivity index is 1.73. The molecule has 0 radical (unpaired) electrons. The molecule has 3 aliphatic heterocycles. The largest absolute Gasteiger partial charge is 0.359 e. The highest BCUT2D eigenvalue weighted by molar-refractivity contribution is 6.00. The average Bonchev–Trinajstić information content (AvgIpc) is 3.35. The molecule has 3 amide bonds. The van der Waals surface area contributed by atoms with Crippen molar-refractivity contribution in [2.45, 2.75) is 55.9 Å². The number of ether oxygens (including phenoxy) is 1. The van der Waals surface area contributed by atoms with E-state index in [2.05, 4.69) is 16.6 Å². The van der Waals surface area contributed by atoms with Crippen LogP contribution in [-0.2, 0) is 19.1 Å². The zero-order valence-electron chi connectivity index (χ0n) is 15.7. The lowest BCUT2D eigenvalue weighted by atomic mass is 9.70. The molecule has 7 heteroatoms. The van der Waals surface area contributed by atoms with Crippen molar-refractivity contribution in [1.29, 1.82) is 0 Å². The van der Waals surface area contributed by atoms with Gasteiger partial charge in [0.15, 0.2) is 0 Å². The van der Waals surface area contributed by atoms with Crippen LogP contribution in [0, 0.1) is 24.2 Å². The van der Waals surface area contributed by atoms with Crippen molar-refractivity contribution >= 4 is 17.7 Å². The third-order valence-electron chi connectivity index (χ3n) is 6.54. The van der Waals surface area contributed by atoms with Crippen molar-refractivity contribution in [3.63, 3.8) is 0 Å². The van der Waals surface area contributed by atoms with Crippen LogP contribution in [-0.4, -0.2) is 59.5 Å². The SMILES string of the molecule is C#CCN1C(=O)[C@@H]2[C@@H](C(=O)NC)[C@@]3(C)C=C[C@@]2(O3)[C@H]1C(=O)NC1CCCC1. The Bertz CT molecular complexity index is 766. The van der Waals surface area contributed by atoms with Gasteiger partial charge in [-0.3, -0.25) is 14.4 Å². The first-order valence-corrected chi connectivity index (χ1v) is 9.54. The number of carbonyl (C=O) groups excluding carboxylic acids is 3. The van der Waals surface area contributed by atoms with Gasteiger partial charge in [-0.2, -0.15) is 0 Å². The minimum atomic E-state index is -1.15. The number of nitrogens with zero attached hydrogens (tertiary/aromatic N) is 1. The van der Waals surface area contributed by atoms with E-state index in [4.69, 9.17) is 11.2 Å². The van der Waals surface area contributed by atoms with Gasteiger partial charge in [0.2, 0.25) is 17.7 Å². The number of fused-ring (bicyclic) bond motifs is 1. The molecule has 1 spiro atoms. The molecule has 2 N–H and O–H groups in total. The van der Waals surface area contributed by atoms with Gasteiger partial charge in [0.1, 0.15) is 11.6 Å². The van der Waals surface area contributed by atoms with Gasteiger partial charge in [-0.05, 0) is 19.8 Å². The van der Waals surface area contributed by atoms with Gasteiger partial charge >= 0.3 is 0 Å². The molecular weight excluding hydrogens is 346 g/mol. The van der Waals surface area contributed by atoms with Gasteiger partial charge in [-0.15, -0.1) is 6.42 Å². The van der Waals surface area contributed by atoms with Gasteiger partial charge in [0.05, 0.1) is 24.0 Å². The van der Waals surface area contributed by atoms with E-state index in [0.29, 0.717) is 0 Å². The maximum absolute atomic E-state index is 13.2. The van der Waals surface area contributed by atoms with Crippen LogP contribution in [0.2, 0.25) is 0 Å². The topological polar surface area (TPSA) is 87.7 Å². The molecule has 4 rings (SSSR count). The van der Waals surface area contributed by atoms with Gasteiger partial charge in [-0.1, -0.05) is 30.9 Å². The normalized spacial score (nSPS) is 39.5. The van der Waals surface area contributed by atoms with E-state index >= 15 is 0 Å². The minimum absolute atomic E-state index is 0.00815. The third kappa shape index (κ3) is 2.36. The fourth-order valence-electron chi connectivity index (χ4n) is 5.40. The van der Waals surface area contributed by atoms with E-state index in [1.54, 1.807) is 13.0 Å². The Kier molecular flexibility index (Phi) is 4.08. The van der Waals surface area contributed by atoms with Crippen LogP contribution in [0.3, 0.4) is 0 Å². The minimum Gasteiger partial charge on any atom is -0.359 e. The quantitative estimate of drug-likeness (QED) is 0.536. The monoisotopic (exact) mass is 371 g/mol. The predicted molar refractivity (Wildman–Crippen MR) is 97.1 cm³/mol. The summed E-state index contributed by atoms with van der Waals surface area (Å²) < 4.78 is 6.29. The van der Waals surface area contributed by atoms with Gasteiger partial charge in [-0.25, -0.2) is 0 Å². The molecule has 0 aromatic carbocycles. The highest BCUT2D eigenvalue weighted by Crippen LogP contribution is 2.59. The molecule has 2 bridgehead atoms. The number of rotatable bonds is 4. The van der Waals surface area contributed by atoms with Crippen LogP contribution < -0.4 is 10.6 Å². The molecule has 0 aromatic rings. The molecule has 7 nitrogen and oxygen atoms in total. The van der Waals surface area contributed by atoms with E-state index < -0.39 is 29.1 Å². The number of amides is 3. The van der Waals surface area contributed by atoms with Crippen molar-refractivity contribution in [2.24, 2.45) is 11.8 Å². The number of likely N-dealkylation sites (tertiary alicyclic amines) is 1. The smallest absolute Gasteiger partial charge is 0.246 e. The summed E-state index contributed by atoms with van der Waals surface area (Å²) in [7, 11) is 1.54. The van der Waals surface area contributed by atoms with Crippen molar-refractivity contribution in [3.05, 3.63) is 12.2 Å². The highest BCUT2D eigenvalue weighted by Gasteiger charge is 2.76. The van der Waals surface area contributed by atoms with Crippen molar-refractivity contribution < 1.29 is 19.1 Å². The Labute approximate surface area is 158 Å². The lowest BCUT2D eigenvalue weighted by Crippen LogP contribution is -2.56. The fourth-order valence-corrected chi connectivity index (χ4v) is 5.40. The molecular formula is C20H25N3O4. The third-order valence-corrected chi connectivity index (χ3v) is 6.54. The Morgan fingerprint density at radius 2 is 2.04 bits per heavy atom. The van der Waals surface area contributed by atoms with Crippen LogP contribution in [0.1, 0.15) is 32.6 Å². The van der Waals surface area contributed by atoms with E-state index in [9.17, 15) is 14.4 Å². The molecule has 144 valence electrons. The lowest BCUT2D eigenvalue weighted by molar-refractivity contribution is -0.144. The maximum atomic E-state index is 13.2. The first-order valence-electron chi connectivity index (χ1n) is 9.54. The van der Waals surface area contributed by atoms with E-state index in [-0.39, 0.29) is 30.3 Å². The first kappa shape index (κ1) is 18.1. The summed E-state index contributed by atoms with van der Waals surface area (Å²) in [4.78, 5) is 40.4. The van der Waals surface area contributed by atoms with Crippen molar-refractivity contribution in [1.82, 2.24) is 15.5 Å². The number of nitrogens with one attached hydrogen (secondary N) is 2. The second-order valence-electron chi connectivity index (χ2n) is 8.11. The molecule has 0 unspecified atom stereocenters. The second kappa shape index (κ2) is 6.10. The second-order valence-corrected chi connectivity index (χ2v) is 8.11. The molecule has 4 aliphatic rings. The van der Waals surface area contributed by atoms with Gasteiger partial charge < -0.3 is 20.3 Å². The molecule has 2 saturated heterocycles. The Morgan fingerprint density at radius 3 is 2.67 bits per heavy atom. The molecule has 27 heavy (non-hydrogen) atoms. The summed E-state index contributed by atoms with van der Waals surface area (Å²) in [5, 5.41) is 5.71. The highest BCUT2D eigenvalue weighted by atomic mass is 16.5. The molecule has 3 heterocycles. The van der Waals surface area contributed by atoms with Crippen LogP contribution in [0.5, 0.6) is 0 Å². The summed E-state index contributed by atoms with van der Waals surface area (Å²) in [6.07, 6.45) is 13.1. The summed E-state index contributed by atoms with van der Waals surface area (Å²) in [6, 6.07) is -0.747. The zero-order chi connectivity index (χ0) is 19.4. The summed E-state index contributed by atoms with van der Waals surface area (Å²) in [6.45, 7) is 1.80. The zero-order valence-corrected chi connectivity index (χ0v) is 15.7. The number of carbonyl (C=O) groups is 3. The van der Waals surface area contributed by atoms with E-state index in [1.165, 1.54) is 11.9 Å². The molecule has 5 atom stereocenters. The molecule has 0 aromatic heterocycles. The Hall–Kier alpha value is -2.33. The maximum Gasteiger partial charge on any atom is 0.246 e. The van der Waals surface area contributed by atoms with E-state index in [0.717, 1.165) is 25.7 Å². The number of hydrogen-bond acceptors (Lipinski definition) is 4. The van der Waals surface area contributed by atoms with Gasteiger partial charge in [0.25, 0.3) is 0 Å². The molecule has 3 fully saturated rings. The lowest BCUT2D eigenvalue weighted by Gasteiger charge is -2.32. The number of terminal acetylenes is 1. The van der Waals surface area contributed by atoms with Crippen molar-refractivity contribution in [3.8, 4) is 12.3 Å². The van der Waals surface area contributed by atoms with Gasteiger partial charge in [0, 0.05) is 13.1 Å². The number of hydrogen-bond donors (Lipinski definition) is 2. The van der Waals surface area contributed by atoms with Crippen LogP contribution in [0.4, 0.5) is 0 Å². The summed E-state index contributed by atoms with van der Waals surface area (Å²) >= 11 is 0. The van der Waals surface area contributed by atoms with Crippen LogP contribution >= 0.6 is 0 Å². The summed E-state index contributed by atoms with van der Waals surface area (Å²) in [5.74, 6) is 0.230. The van der Waals surface area contributed by atoms with Crippen LogP contribution in [0.15, 0.2) is 12.2 Å².